The van der Waals surface area contributed by atoms with Crippen LogP contribution in [0.2, 0.25) is 5.02 Å². The highest BCUT2D eigenvalue weighted by Crippen LogP contribution is 2.29. The number of amides is 1. The van der Waals surface area contributed by atoms with Crippen LogP contribution < -0.4 is 15.4 Å². The molecule has 2 rings (SSSR count). The smallest absolute Gasteiger partial charge is 0.242 e. The second-order valence-corrected chi connectivity index (χ2v) is 5.36. The maximum Gasteiger partial charge on any atom is 0.242 e. The van der Waals surface area contributed by atoms with Gasteiger partial charge in [-0.3, -0.25) is 4.79 Å². The molecule has 0 aliphatic carbocycles. The van der Waals surface area contributed by atoms with Gasteiger partial charge < -0.3 is 15.4 Å². The number of para-hydroxylation sites is 1. The molecule has 120 valence electrons. The number of benzene rings is 2. The van der Waals surface area contributed by atoms with Crippen molar-refractivity contribution in [3.63, 3.8) is 0 Å². The number of carbonyl (C=O) groups is 1. The minimum atomic E-state index is -0.342. The number of anilines is 1. The fourth-order valence-corrected chi connectivity index (χ4v) is 2.09. The molecule has 0 fully saturated rings. The highest BCUT2D eigenvalue weighted by Gasteiger charge is 2.11. The molecule has 0 aliphatic heterocycles. The molecular weight excluding hydrogens is 312 g/mol. The highest BCUT2D eigenvalue weighted by molar-refractivity contribution is 6.32. The zero-order valence-corrected chi connectivity index (χ0v) is 13.6. The third-order valence-electron chi connectivity index (χ3n) is 3.12. The normalized spacial score (nSPS) is 11.4. The molecule has 0 radical (unpaired) electrons. The number of rotatable bonds is 7. The number of halogens is 1. The maximum atomic E-state index is 11.8. The molecule has 0 heterocycles. The molecule has 0 saturated heterocycles. The molecule has 0 unspecified atom stereocenters. The lowest BCUT2D eigenvalue weighted by Crippen LogP contribution is -2.37. The molecule has 1 amide bonds. The SMILES string of the molecule is C=CCNC(=O)[C@H](C)Nc1ccc(Oc2ccccc2Cl)cc1. The first-order valence-electron chi connectivity index (χ1n) is 7.27. The molecule has 0 aliphatic rings. The monoisotopic (exact) mass is 330 g/mol. The Morgan fingerprint density at radius 1 is 1.26 bits per heavy atom. The lowest BCUT2D eigenvalue weighted by Gasteiger charge is -2.15. The summed E-state index contributed by atoms with van der Waals surface area (Å²) in [6.07, 6.45) is 1.64. The summed E-state index contributed by atoms with van der Waals surface area (Å²) < 4.78 is 5.72. The number of carbonyl (C=O) groups excluding carboxylic acids is 1. The first kappa shape index (κ1) is 16.9. The molecule has 5 heteroatoms. The van der Waals surface area contributed by atoms with Crippen molar-refractivity contribution in [2.75, 3.05) is 11.9 Å². The van der Waals surface area contributed by atoms with E-state index in [0.717, 1.165) is 5.69 Å². The standard InChI is InChI=1S/C18H19ClN2O2/c1-3-12-20-18(22)13(2)21-14-8-10-15(11-9-14)23-17-7-5-4-6-16(17)19/h3-11,13,21H,1,12H2,2H3,(H,20,22)/t13-/m0/s1. The van der Waals surface area contributed by atoms with Crippen LogP contribution in [0, 0.1) is 0 Å². The van der Waals surface area contributed by atoms with Gasteiger partial charge in [-0.05, 0) is 43.3 Å². The van der Waals surface area contributed by atoms with E-state index in [2.05, 4.69) is 17.2 Å². The molecule has 23 heavy (non-hydrogen) atoms. The van der Waals surface area contributed by atoms with Gasteiger partial charge in [0.15, 0.2) is 0 Å². The van der Waals surface area contributed by atoms with Crippen LogP contribution >= 0.6 is 11.6 Å². The minimum Gasteiger partial charge on any atom is -0.456 e. The average Bonchev–Trinajstić information content (AvgIpc) is 2.56. The molecule has 1 atom stereocenters. The van der Waals surface area contributed by atoms with Crippen LogP contribution in [-0.2, 0) is 4.79 Å². The van der Waals surface area contributed by atoms with Crippen LogP contribution in [-0.4, -0.2) is 18.5 Å². The van der Waals surface area contributed by atoms with Gasteiger partial charge in [-0.2, -0.15) is 0 Å². The first-order chi connectivity index (χ1) is 11.1. The summed E-state index contributed by atoms with van der Waals surface area (Å²) in [7, 11) is 0. The van der Waals surface area contributed by atoms with E-state index in [1.807, 2.05) is 36.4 Å². The summed E-state index contributed by atoms with van der Waals surface area (Å²) in [6.45, 7) is 5.82. The van der Waals surface area contributed by atoms with Crippen LogP contribution in [0.1, 0.15) is 6.92 Å². The van der Waals surface area contributed by atoms with Crippen molar-refractivity contribution in [3.8, 4) is 11.5 Å². The summed E-state index contributed by atoms with van der Waals surface area (Å²) in [6, 6.07) is 14.3. The summed E-state index contributed by atoms with van der Waals surface area (Å²) in [5, 5.41) is 6.43. The van der Waals surface area contributed by atoms with Gasteiger partial charge in [0.1, 0.15) is 17.5 Å². The Hall–Kier alpha value is -2.46. The minimum absolute atomic E-state index is 0.0821. The molecule has 2 aromatic carbocycles. The molecule has 0 bridgehead atoms. The molecular formula is C18H19ClN2O2. The van der Waals surface area contributed by atoms with Gasteiger partial charge in [-0.15, -0.1) is 6.58 Å². The van der Waals surface area contributed by atoms with Crippen LogP contribution in [0.5, 0.6) is 11.5 Å². The van der Waals surface area contributed by atoms with Crippen LogP contribution in [0.25, 0.3) is 0 Å². The van der Waals surface area contributed by atoms with E-state index in [9.17, 15) is 4.79 Å². The topological polar surface area (TPSA) is 50.4 Å². The Morgan fingerprint density at radius 3 is 2.61 bits per heavy atom. The molecule has 0 spiro atoms. The van der Waals surface area contributed by atoms with E-state index in [4.69, 9.17) is 16.3 Å². The fraction of sp³-hybridized carbons (Fsp3) is 0.167. The molecule has 0 saturated carbocycles. The highest BCUT2D eigenvalue weighted by atomic mass is 35.5. The number of ether oxygens (including phenoxy) is 1. The van der Waals surface area contributed by atoms with Gasteiger partial charge in [-0.1, -0.05) is 29.8 Å². The van der Waals surface area contributed by atoms with Crippen molar-refractivity contribution in [3.05, 3.63) is 66.2 Å². The van der Waals surface area contributed by atoms with Gasteiger partial charge >= 0.3 is 0 Å². The van der Waals surface area contributed by atoms with Gasteiger partial charge in [0.05, 0.1) is 5.02 Å². The van der Waals surface area contributed by atoms with E-state index in [1.165, 1.54) is 0 Å². The largest absolute Gasteiger partial charge is 0.456 e. The van der Waals surface area contributed by atoms with Crippen molar-refractivity contribution in [2.24, 2.45) is 0 Å². The Bertz CT molecular complexity index is 671. The lowest BCUT2D eigenvalue weighted by atomic mass is 10.2. The Morgan fingerprint density at radius 2 is 1.96 bits per heavy atom. The maximum absolute atomic E-state index is 11.8. The van der Waals surface area contributed by atoms with E-state index < -0.39 is 0 Å². The van der Waals surface area contributed by atoms with E-state index in [0.29, 0.717) is 23.1 Å². The third-order valence-corrected chi connectivity index (χ3v) is 3.43. The Kier molecular flexibility index (Phi) is 6.06. The lowest BCUT2D eigenvalue weighted by molar-refractivity contribution is -0.121. The van der Waals surface area contributed by atoms with E-state index in [1.54, 1.807) is 25.1 Å². The predicted molar refractivity (Wildman–Crippen MR) is 94.3 cm³/mol. The van der Waals surface area contributed by atoms with Crippen LogP contribution in [0.3, 0.4) is 0 Å². The number of hydrogen-bond acceptors (Lipinski definition) is 3. The van der Waals surface area contributed by atoms with Crippen LogP contribution in [0.15, 0.2) is 61.2 Å². The summed E-state index contributed by atoms with van der Waals surface area (Å²) in [4.78, 5) is 11.8. The van der Waals surface area contributed by atoms with E-state index >= 15 is 0 Å². The van der Waals surface area contributed by atoms with Crippen LogP contribution in [0.4, 0.5) is 5.69 Å². The number of nitrogens with one attached hydrogen (secondary N) is 2. The van der Waals surface area contributed by atoms with Crippen molar-refractivity contribution >= 4 is 23.2 Å². The average molecular weight is 331 g/mol. The predicted octanol–water partition coefficient (Wildman–Crippen LogP) is 4.23. The summed E-state index contributed by atoms with van der Waals surface area (Å²) in [5.74, 6) is 1.20. The van der Waals surface area contributed by atoms with Gasteiger partial charge in [0, 0.05) is 12.2 Å². The van der Waals surface area contributed by atoms with Crippen molar-refractivity contribution in [2.45, 2.75) is 13.0 Å². The Balaban J connectivity index is 1.95. The Labute approximate surface area is 141 Å². The second kappa shape index (κ2) is 8.25. The zero-order chi connectivity index (χ0) is 16.7. The van der Waals surface area contributed by atoms with Gasteiger partial charge in [-0.25, -0.2) is 0 Å². The number of hydrogen-bond donors (Lipinski definition) is 2. The summed E-state index contributed by atoms with van der Waals surface area (Å²) in [5.41, 5.74) is 0.831. The molecule has 2 aromatic rings. The van der Waals surface area contributed by atoms with Gasteiger partial charge in [0.2, 0.25) is 5.91 Å². The van der Waals surface area contributed by atoms with E-state index in [-0.39, 0.29) is 11.9 Å². The molecule has 2 N–H and O–H groups in total. The van der Waals surface area contributed by atoms with Crippen molar-refractivity contribution in [1.82, 2.24) is 5.32 Å². The van der Waals surface area contributed by atoms with Crippen molar-refractivity contribution < 1.29 is 9.53 Å². The first-order valence-corrected chi connectivity index (χ1v) is 7.65. The summed E-state index contributed by atoms with van der Waals surface area (Å²) >= 11 is 6.06. The quantitative estimate of drug-likeness (QED) is 0.747. The molecule has 4 nitrogen and oxygen atoms in total. The fourth-order valence-electron chi connectivity index (χ4n) is 1.92. The van der Waals surface area contributed by atoms with Crippen molar-refractivity contribution in [1.29, 1.82) is 0 Å². The van der Waals surface area contributed by atoms with Gasteiger partial charge in [0.25, 0.3) is 0 Å². The second-order valence-electron chi connectivity index (χ2n) is 4.96. The molecule has 0 aromatic heterocycles. The zero-order valence-electron chi connectivity index (χ0n) is 12.9. The third kappa shape index (κ3) is 5.04.